The molecule has 0 N–H and O–H groups in total. The molecule has 2 aromatic carbocycles. The second-order valence-corrected chi connectivity index (χ2v) is 8.92. The lowest BCUT2D eigenvalue weighted by Crippen LogP contribution is -2.29. The average Bonchev–Trinajstić information content (AvgIpc) is 3.03. The molecule has 1 heterocycles. The number of methoxy groups -OCH3 is 1. The quantitative estimate of drug-likeness (QED) is 0.471. The molecule has 164 valence electrons. The van der Waals surface area contributed by atoms with Gasteiger partial charge >= 0.3 is 0 Å². The Kier molecular flexibility index (Phi) is 7.80. The Morgan fingerprint density at radius 3 is 2.52 bits per heavy atom. The monoisotopic (exact) mass is 438 g/mol. The number of thioether (sulfide) groups is 1. The van der Waals surface area contributed by atoms with Crippen molar-refractivity contribution in [3.63, 3.8) is 0 Å². The first-order chi connectivity index (χ1) is 14.9. The minimum atomic E-state index is -0.0168. The second kappa shape index (κ2) is 10.5. The van der Waals surface area contributed by atoms with Crippen molar-refractivity contribution in [2.75, 3.05) is 20.3 Å². The van der Waals surface area contributed by atoms with Gasteiger partial charge in [-0.15, -0.1) is 0 Å². The predicted molar refractivity (Wildman–Crippen MR) is 129 cm³/mol. The average molecular weight is 439 g/mol. The number of carbonyl (C=O) groups excluding carboxylic acids is 1. The lowest BCUT2D eigenvalue weighted by atomic mass is 10.1. The molecule has 0 radical (unpaired) electrons. The number of rotatable bonds is 8. The van der Waals surface area contributed by atoms with Gasteiger partial charge in [0.05, 0.1) is 24.3 Å². The van der Waals surface area contributed by atoms with E-state index < -0.39 is 0 Å². The fraction of sp³-hybridized carbons (Fsp3) is 0.360. The third-order valence-electron chi connectivity index (χ3n) is 4.65. The molecular formula is C25H30N2O3S. The van der Waals surface area contributed by atoms with E-state index in [2.05, 4.69) is 20.8 Å². The van der Waals surface area contributed by atoms with Crippen LogP contribution in [0.1, 0.15) is 38.3 Å². The maximum absolute atomic E-state index is 13.1. The van der Waals surface area contributed by atoms with Crippen LogP contribution in [0.3, 0.4) is 0 Å². The molecule has 0 spiro atoms. The van der Waals surface area contributed by atoms with Crippen LogP contribution >= 0.6 is 11.8 Å². The Hall–Kier alpha value is -2.73. The molecule has 6 heteroatoms. The topological polar surface area (TPSA) is 51.1 Å². The van der Waals surface area contributed by atoms with Crippen molar-refractivity contribution in [2.24, 2.45) is 10.9 Å². The van der Waals surface area contributed by atoms with Gasteiger partial charge in [-0.25, -0.2) is 4.99 Å². The number of aryl methyl sites for hydroxylation is 1. The first kappa shape index (κ1) is 22.9. The van der Waals surface area contributed by atoms with E-state index in [1.807, 2.05) is 55.5 Å². The molecule has 1 fully saturated rings. The molecule has 5 nitrogen and oxygen atoms in total. The molecule has 3 rings (SSSR count). The van der Waals surface area contributed by atoms with Crippen LogP contribution in [0, 0.1) is 12.8 Å². The number of nitrogens with zero attached hydrogens (tertiary/aromatic N) is 2. The molecule has 1 aliphatic heterocycles. The van der Waals surface area contributed by atoms with Crippen LogP contribution in [0.2, 0.25) is 0 Å². The summed E-state index contributed by atoms with van der Waals surface area (Å²) in [6.07, 6.45) is 2.75. The maximum Gasteiger partial charge on any atom is 0.266 e. The van der Waals surface area contributed by atoms with Crippen LogP contribution in [0.4, 0.5) is 5.69 Å². The van der Waals surface area contributed by atoms with E-state index in [1.54, 1.807) is 12.0 Å². The van der Waals surface area contributed by atoms with Gasteiger partial charge in [0.1, 0.15) is 0 Å². The van der Waals surface area contributed by atoms with Crippen molar-refractivity contribution in [1.82, 2.24) is 4.90 Å². The summed E-state index contributed by atoms with van der Waals surface area (Å²) in [4.78, 5) is 20.2. The number of amides is 1. The third kappa shape index (κ3) is 5.91. The SMILES string of the molecule is CCCN1C(=O)/C(=C\c2ccc(OCC(C)C)c(OC)c2)SC1=Nc1ccc(C)cc1. The molecular weight excluding hydrogens is 408 g/mol. The summed E-state index contributed by atoms with van der Waals surface area (Å²) in [5, 5.41) is 0.714. The van der Waals surface area contributed by atoms with Crippen LogP contribution in [0.25, 0.3) is 6.08 Å². The first-order valence-corrected chi connectivity index (χ1v) is 11.4. The summed E-state index contributed by atoms with van der Waals surface area (Å²) < 4.78 is 11.3. The molecule has 0 atom stereocenters. The van der Waals surface area contributed by atoms with E-state index in [0.29, 0.717) is 40.6 Å². The van der Waals surface area contributed by atoms with Gasteiger partial charge in [0.25, 0.3) is 5.91 Å². The maximum atomic E-state index is 13.1. The molecule has 1 amide bonds. The van der Waals surface area contributed by atoms with Crippen molar-refractivity contribution >= 4 is 34.6 Å². The Morgan fingerprint density at radius 1 is 1.13 bits per heavy atom. The van der Waals surface area contributed by atoms with Gasteiger partial charge in [-0.05, 0) is 66.9 Å². The minimum absolute atomic E-state index is 0.0168. The van der Waals surface area contributed by atoms with Crippen molar-refractivity contribution in [2.45, 2.75) is 34.1 Å². The summed E-state index contributed by atoms with van der Waals surface area (Å²) in [5.41, 5.74) is 2.91. The standard InChI is InChI=1S/C25H30N2O3S/c1-6-13-27-24(28)23(31-25(27)26-20-10-7-18(4)8-11-20)15-19-9-12-21(22(14-19)29-5)30-16-17(2)3/h7-12,14-15,17H,6,13,16H2,1-5H3/b23-15+,26-25?. The molecule has 0 unspecified atom stereocenters. The Labute approximate surface area is 189 Å². The van der Waals surface area contributed by atoms with Crippen LogP contribution in [0.5, 0.6) is 11.5 Å². The Morgan fingerprint density at radius 2 is 1.87 bits per heavy atom. The molecule has 31 heavy (non-hydrogen) atoms. The van der Waals surface area contributed by atoms with Crippen LogP contribution in [-0.2, 0) is 4.79 Å². The summed E-state index contributed by atoms with van der Waals surface area (Å²) in [7, 11) is 1.62. The van der Waals surface area contributed by atoms with Gasteiger partial charge in [-0.3, -0.25) is 9.69 Å². The zero-order valence-electron chi connectivity index (χ0n) is 18.8. The Bertz CT molecular complexity index is 981. The lowest BCUT2D eigenvalue weighted by Gasteiger charge is -2.14. The van der Waals surface area contributed by atoms with E-state index >= 15 is 0 Å². The minimum Gasteiger partial charge on any atom is -0.493 e. The van der Waals surface area contributed by atoms with Gasteiger partial charge in [-0.1, -0.05) is 44.5 Å². The van der Waals surface area contributed by atoms with Gasteiger partial charge in [0, 0.05) is 6.54 Å². The first-order valence-electron chi connectivity index (χ1n) is 10.6. The zero-order chi connectivity index (χ0) is 22.4. The van der Waals surface area contributed by atoms with Crippen LogP contribution in [-0.4, -0.2) is 36.2 Å². The van der Waals surface area contributed by atoms with Crippen molar-refractivity contribution in [1.29, 1.82) is 0 Å². The zero-order valence-corrected chi connectivity index (χ0v) is 19.7. The van der Waals surface area contributed by atoms with Gasteiger partial charge in [0.2, 0.25) is 0 Å². The third-order valence-corrected chi connectivity index (χ3v) is 5.66. The van der Waals surface area contributed by atoms with Crippen molar-refractivity contribution in [3.05, 3.63) is 58.5 Å². The summed E-state index contributed by atoms with van der Waals surface area (Å²) in [6, 6.07) is 13.7. The lowest BCUT2D eigenvalue weighted by molar-refractivity contribution is -0.122. The van der Waals surface area contributed by atoms with Crippen molar-refractivity contribution in [3.8, 4) is 11.5 Å². The molecule has 1 saturated heterocycles. The highest BCUT2D eigenvalue weighted by Gasteiger charge is 2.32. The number of benzene rings is 2. The van der Waals surface area contributed by atoms with Gasteiger partial charge in [-0.2, -0.15) is 0 Å². The molecule has 2 aromatic rings. The number of carbonyl (C=O) groups is 1. The van der Waals surface area contributed by atoms with Crippen molar-refractivity contribution < 1.29 is 14.3 Å². The molecule has 1 aliphatic rings. The molecule has 0 bridgehead atoms. The summed E-state index contributed by atoms with van der Waals surface area (Å²) >= 11 is 1.41. The highest BCUT2D eigenvalue weighted by Crippen LogP contribution is 2.36. The fourth-order valence-corrected chi connectivity index (χ4v) is 4.07. The number of aliphatic imine (C=N–C) groups is 1. The number of amidine groups is 1. The summed E-state index contributed by atoms with van der Waals surface area (Å²) in [5.74, 6) is 1.77. The molecule has 0 aliphatic carbocycles. The summed E-state index contributed by atoms with van der Waals surface area (Å²) in [6.45, 7) is 9.57. The fourth-order valence-electron chi connectivity index (χ4n) is 3.04. The Balaban J connectivity index is 1.87. The van der Waals surface area contributed by atoms with E-state index in [-0.39, 0.29) is 5.91 Å². The smallest absolute Gasteiger partial charge is 0.266 e. The van der Waals surface area contributed by atoms with E-state index in [0.717, 1.165) is 17.7 Å². The number of hydrogen-bond acceptors (Lipinski definition) is 5. The van der Waals surface area contributed by atoms with Gasteiger partial charge < -0.3 is 9.47 Å². The number of hydrogen-bond donors (Lipinski definition) is 0. The number of ether oxygens (including phenoxy) is 2. The van der Waals surface area contributed by atoms with E-state index in [1.165, 1.54) is 17.3 Å². The second-order valence-electron chi connectivity index (χ2n) is 7.91. The predicted octanol–water partition coefficient (Wildman–Crippen LogP) is 6.05. The highest BCUT2D eigenvalue weighted by molar-refractivity contribution is 8.18. The molecule has 0 aromatic heterocycles. The molecule has 0 saturated carbocycles. The largest absolute Gasteiger partial charge is 0.493 e. The van der Waals surface area contributed by atoms with Gasteiger partial charge in [0.15, 0.2) is 16.7 Å². The highest BCUT2D eigenvalue weighted by atomic mass is 32.2. The van der Waals surface area contributed by atoms with Crippen LogP contribution < -0.4 is 9.47 Å². The van der Waals surface area contributed by atoms with Crippen LogP contribution in [0.15, 0.2) is 52.4 Å². The van der Waals surface area contributed by atoms with E-state index in [4.69, 9.17) is 14.5 Å². The normalized spacial score (nSPS) is 16.6. The van der Waals surface area contributed by atoms with E-state index in [9.17, 15) is 4.79 Å².